The van der Waals surface area contributed by atoms with Gasteiger partial charge in [-0.15, -0.1) is 0 Å². The highest BCUT2D eigenvalue weighted by Gasteiger charge is 2.26. The van der Waals surface area contributed by atoms with Crippen LogP contribution in [0.15, 0.2) is 59.6 Å². The molecule has 6 rings (SSSR count). The van der Waals surface area contributed by atoms with Crippen LogP contribution in [0.1, 0.15) is 54.6 Å². The number of carbonyl (C=O) groups is 1. The molecule has 36 heavy (non-hydrogen) atoms. The van der Waals surface area contributed by atoms with Crippen molar-refractivity contribution in [1.29, 1.82) is 0 Å². The summed E-state index contributed by atoms with van der Waals surface area (Å²) in [5.74, 6) is 1.58. The number of nitrogens with zero attached hydrogens (tertiary/aromatic N) is 5. The average Bonchev–Trinajstić information content (AvgIpc) is 3.69. The second-order valence-corrected chi connectivity index (χ2v) is 10.1. The number of furan rings is 1. The zero-order chi connectivity index (χ0) is 24.3. The molecule has 8 heteroatoms. The first-order chi connectivity index (χ1) is 17.7. The Kier molecular flexibility index (Phi) is 6.51. The van der Waals surface area contributed by atoms with Crippen molar-refractivity contribution >= 4 is 16.9 Å². The van der Waals surface area contributed by atoms with Crippen LogP contribution in [-0.4, -0.2) is 56.2 Å². The highest BCUT2D eigenvalue weighted by Crippen LogP contribution is 2.28. The van der Waals surface area contributed by atoms with Crippen LogP contribution in [-0.2, 0) is 6.54 Å². The number of pyridine rings is 2. The molecule has 8 nitrogen and oxygen atoms in total. The summed E-state index contributed by atoms with van der Waals surface area (Å²) in [6.45, 7) is 3.76. The molecule has 1 aliphatic carbocycles. The number of carbonyl (C=O) groups excluding carboxylic acids is 1. The first kappa shape index (κ1) is 22.9. The molecule has 0 aromatic carbocycles. The molecule has 2 aliphatic rings. The molecule has 4 aromatic rings. The number of likely N-dealkylation sites (tertiary alicyclic amines) is 1. The highest BCUT2D eigenvalue weighted by molar-refractivity contribution is 6.06. The third kappa shape index (κ3) is 4.91. The van der Waals surface area contributed by atoms with Gasteiger partial charge in [0.2, 0.25) is 0 Å². The normalized spacial score (nSPS) is 17.7. The Hall–Kier alpha value is -3.52. The lowest BCUT2D eigenvalue weighted by molar-refractivity contribution is 0.0907. The number of aromatic nitrogens is 4. The summed E-state index contributed by atoms with van der Waals surface area (Å²) in [5, 5.41) is 8.60. The number of amides is 1. The Morgan fingerprint density at radius 2 is 1.94 bits per heavy atom. The molecule has 5 heterocycles. The molecular weight excluding hydrogens is 452 g/mol. The van der Waals surface area contributed by atoms with Crippen molar-refractivity contribution in [2.75, 3.05) is 19.6 Å². The molecule has 1 aliphatic heterocycles. The van der Waals surface area contributed by atoms with Crippen molar-refractivity contribution in [1.82, 2.24) is 30.0 Å². The van der Waals surface area contributed by atoms with Crippen molar-refractivity contribution in [3.8, 4) is 11.3 Å². The van der Waals surface area contributed by atoms with E-state index in [4.69, 9.17) is 9.40 Å². The van der Waals surface area contributed by atoms with Crippen molar-refractivity contribution in [3.63, 3.8) is 0 Å². The van der Waals surface area contributed by atoms with Crippen LogP contribution in [0.3, 0.4) is 0 Å². The van der Waals surface area contributed by atoms with Crippen molar-refractivity contribution in [3.05, 3.63) is 66.5 Å². The Morgan fingerprint density at radius 1 is 1.08 bits per heavy atom. The minimum Gasteiger partial charge on any atom is -0.467 e. The highest BCUT2D eigenvalue weighted by atomic mass is 16.3. The van der Waals surface area contributed by atoms with Crippen molar-refractivity contribution in [2.24, 2.45) is 5.92 Å². The fourth-order valence-electron chi connectivity index (χ4n) is 5.64. The molecule has 186 valence electrons. The van der Waals surface area contributed by atoms with E-state index in [1.54, 1.807) is 29.5 Å². The van der Waals surface area contributed by atoms with Gasteiger partial charge < -0.3 is 14.6 Å². The lowest BCUT2D eigenvalue weighted by atomic mass is 10.0. The molecule has 4 aromatic heterocycles. The van der Waals surface area contributed by atoms with Crippen molar-refractivity contribution in [2.45, 2.75) is 51.1 Å². The number of piperidine rings is 1. The van der Waals surface area contributed by atoms with Crippen LogP contribution < -0.4 is 5.32 Å². The average molecular weight is 485 g/mol. The Morgan fingerprint density at radius 3 is 2.69 bits per heavy atom. The zero-order valence-corrected chi connectivity index (χ0v) is 20.5. The number of rotatable bonds is 7. The zero-order valence-electron chi connectivity index (χ0n) is 20.5. The minimum absolute atomic E-state index is 0.0701. The van der Waals surface area contributed by atoms with E-state index in [-0.39, 0.29) is 11.9 Å². The number of nitrogens with one attached hydrogen (secondary N) is 1. The van der Waals surface area contributed by atoms with Crippen LogP contribution in [0.25, 0.3) is 22.3 Å². The van der Waals surface area contributed by atoms with Crippen LogP contribution in [0, 0.1) is 5.92 Å². The van der Waals surface area contributed by atoms with E-state index in [2.05, 4.69) is 20.3 Å². The van der Waals surface area contributed by atoms with Gasteiger partial charge in [-0.2, -0.15) is 5.10 Å². The third-order valence-electron chi connectivity index (χ3n) is 7.61. The Bertz CT molecular complexity index is 1300. The Balaban J connectivity index is 1.23. The van der Waals surface area contributed by atoms with Gasteiger partial charge >= 0.3 is 0 Å². The molecule has 2 fully saturated rings. The van der Waals surface area contributed by atoms with Crippen molar-refractivity contribution < 1.29 is 9.21 Å². The quantitative estimate of drug-likeness (QED) is 0.415. The maximum absolute atomic E-state index is 13.6. The molecule has 0 radical (unpaired) electrons. The van der Waals surface area contributed by atoms with Crippen LogP contribution in [0.4, 0.5) is 0 Å². The molecule has 0 spiro atoms. The Labute approximate surface area is 210 Å². The van der Waals surface area contributed by atoms with Gasteiger partial charge in [0.05, 0.1) is 29.1 Å². The second-order valence-electron chi connectivity index (χ2n) is 10.1. The number of hydrogen-bond donors (Lipinski definition) is 1. The predicted octanol–water partition coefficient (Wildman–Crippen LogP) is 4.52. The molecule has 1 amide bonds. The summed E-state index contributed by atoms with van der Waals surface area (Å²) in [7, 11) is 0. The molecule has 0 atom stereocenters. The van der Waals surface area contributed by atoms with Gasteiger partial charge in [0.15, 0.2) is 5.65 Å². The van der Waals surface area contributed by atoms with Gasteiger partial charge in [-0.25, -0.2) is 9.67 Å². The van der Waals surface area contributed by atoms with Gasteiger partial charge in [-0.05, 0) is 61.9 Å². The first-order valence-corrected chi connectivity index (χ1v) is 13.1. The lowest BCUT2D eigenvalue weighted by Crippen LogP contribution is -2.45. The van der Waals surface area contributed by atoms with Gasteiger partial charge in [-0.3, -0.25) is 9.78 Å². The summed E-state index contributed by atoms with van der Waals surface area (Å²) in [5.41, 5.74) is 2.81. The largest absolute Gasteiger partial charge is 0.467 e. The van der Waals surface area contributed by atoms with Gasteiger partial charge in [0, 0.05) is 43.6 Å². The van der Waals surface area contributed by atoms with E-state index < -0.39 is 0 Å². The van der Waals surface area contributed by atoms with Crippen LogP contribution in [0.5, 0.6) is 0 Å². The maximum Gasteiger partial charge on any atom is 0.252 e. The lowest BCUT2D eigenvalue weighted by Gasteiger charge is -2.33. The monoisotopic (exact) mass is 484 g/mol. The number of fused-ring (bicyclic) bond motifs is 1. The molecule has 0 unspecified atom stereocenters. The molecule has 1 saturated heterocycles. The van der Waals surface area contributed by atoms with Gasteiger partial charge in [0.1, 0.15) is 12.3 Å². The van der Waals surface area contributed by atoms with Gasteiger partial charge in [0.25, 0.3) is 5.91 Å². The van der Waals surface area contributed by atoms with Gasteiger partial charge in [-0.1, -0.05) is 12.8 Å². The van der Waals surface area contributed by atoms with E-state index in [1.807, 2.05) is 30.3 Å². The second kappa shape index (κ2) is 10.2. The van der Waals surface area contributed by atoms with E-state index in [1.165, 1.54) is 32.2 Å². The summed E-state index contributed by atoms with van der Waals surface area (Å²) in [6.07, 6.45) is 14.4. The smallest absolute Gasteiger partial charge is 0.252 e. The van der Waals surface area contributed by atoms with E-state index >= 15 is 0 Å². The van der Waals surface area contributed by atoms with E-state index in [0.717, 1.165) is 48.6 Å². The van der Waals surface area contributed by atoms with E-state index in [0.29, 0.717) is 23.4 Å². The number of hydrogen-bond acceptors (Lipinski definition) is 6. The minimum atomic E-state index is -0.0701. The first-order valence-electron chi connectivity index (χ1n) is 13.1. The summed E-state index contributed by atoms with van der Waals surface area (Å²) in [6, 6.07) is 9.64. The molecule has 1 N–H and O–H groups in total. The molecular formula is C28H32N6O2. The van der Waals surface area contributed by atoms with Crippen LogP contribution in [0.2, 0.25) is 0 Å². The summed E-state index contributed by atoms with van der Waals surface area (Å²) < 4.78 is 7.30. The van der Waals surface area contributed by atoms with Crippen LogP contribution >= 0.6 is 0 Å². The maximum atomic E-state index is 13.6. The fourth-order valence-corrected chi connectivity index (χ4v) is 5.64. The summed E-state index contributed by atoms with van der Waals surface area (Å²) in [4.78, 5) is 25.3. The topological polar surface area (TPSA) is 89.1 Å². The fraction of sp³-hybridized carbons (Fsp3) is 0.429. The SMILES string of the molecule is O=C(NC1CCN(CC2CCCC2)CC1)c1cc(-c2cccnc2)nc2c1cnn2Cc1ccco1. The van der Waals surface area contributed by atoms with E-state index in [9.17, 15) is 4.79 Å². The third-order valence-corrected chi connectivity index (χ3v) is 7.61. The molecule has 1 saturated carbocycles. The molecule has 0 bridgehead atoms. The summed E-state index contributed by atoms with van der Waals surface area (Å²) >= 11 is 0. The predicted molar refractivity (Wildman–Crippen MR) is 137 cm³/mol. The standard InChI is InChI=1S/C28H32N6O2/c35-28(31-22-9-12-33(13-10-22)18-20-5-1-2-6-20)24-15-26(21-7-3-11-29-16-21)32-27-25(24)17-30-34(27)19-23-8-4-14-36-23/h3-4,7-8,11,14-17,20,22H,1-2,5-6,9-10,12-13,18-19H2,(H,31,35).